The van der Waals surface area contributed by atoms with E-state index in [1.54, 1.807) is 6.92 Å². The SMILES string of the molecule is Cc1cc(=O)n(-c2ccc(F)cc2)nc1C(=O)Cl. The molecule has 0 amide bonds. The van der Waals surface area contributed by atoms with Gasteiger partial charge in [0.2, 0.25) is 0 Å². The Hall–Kier alpha value is -2.01. The predicted octanol–water partition coefficient (Wildman–Crippen LogP) is 2.06. The number of hydrogen-bond donors (Lipinski definition) is 0. The quantitative estimate of drug-likeness (QED) is 0.782. The fraction of sp³-hybridized carbons (Fsp3) is 0.0833. The van der Waals surface area contributed by atoms with Gasteiger partial charge < -0.3 is 0 Å². The Morgan fingerprint density at radius 3 is 2.50 bits per heavy atom. The molecular formula is C12H8ClFN2O2. The fourth-order valence-corrected chi connectivity index (χ4v) is 1.69. The third kappa shape index (κ3) is 2.31. The van der Waals surface area contributed by atoms with E-state index in [0.717, 1.165) is 4.68 Å². The molecule has 0 aliphatic heterocycles. The number of halogens is 2. The Balaban J connectivity index is 2.64. The molecule has 0 atom stereocenters. The maximum atomic E-state index is 12.8. The third-order valence-corrected chi connectivity index (χ3v) is 2.56. The molecule has 1 aromatic heterocycles. The van der Waals surface area contributed by atoms with Crippen molar-refractivity contribution in [3.63, 3.8) is 0 Å². The van der Waals surface area contributed by atoms with Gasteiger partial charge in [-0.2, -0.15) is 9.78 Å². The minimum Gasteiger partial charge on any atom is -0.274 e. The number of nitrogens with zero attached hydrogens (tertiary/aromatic N) is 2. The zero-order valence-corrected chi connectivity index (χ0v) is 10.1. The Morgan fingerprint density at radius 1 is 1.33 bits per heavy atom. The second-order valence-electron chi connectivity index (χ2n) is 3.68. The van der Waals surface area contributed by atoms with Gasteiger partial charge >= 0.3 is 0 Å². The maximum Gasteiger partial charge on any atom is 0.272 e. The monoisotopic (exact) mass is 266 g/mol. The highest BCUT2D eigenvalue weighted by atomic mass is 35.5. The van der Waals surface area contributed by atoms with Crippen molar-refractivity contribution in [3.8, 4) is 5.69 Å². The predicted molar refractivity (Wildman–Crippen MR) is 64.7 cm³/mol. The van der Waals surface area contributed by atoms with Gasteiger partial charge in [-0.1, -0.05) is 0 Å². The van der Waals surface area contributed by atoms with Gasteiger partial charge in [-0.25, -0.2) is 4.39 Å². The van der Waals surface area contributed by atoms with Crippen LogP contribution >= 0.6 is 11.6 Å². The van der Waals surface area contributed by atoms with Crippen molar-refractivity contribution in [3.05, 3.63) is 57.8 Å². The Morgan fingerprint density at radius 2 is 1.94 bits per heavy atom. The van der Waals surface area contributed by atoms with Crippen molar-refractivity contribution in [2.75, 3.05) is 0 Å². The van der Waals surface area contributed by atoms with Gasteiger partial charge in [0.25, 0.3) is 10.8 Å². The molecule has 0 N–H and O–H groups in total. The average molecular weight is 267 g/mol. The number of carbonyl (C=O) groups excluding carboxylic acids is 1. The summed E-state index contributed by atoms with van der Waals surface area (Å²) in [4.78, 5) is 22.9. The van der Waals surface area contributed by atoms with Crippen LogP contribution in [0.15, 0.2) is 35.1 Å². The van der Waals surface area contributed by atoms with E-state index in [4.69, 9.17) is 11.6 Å². The van der Waals surface area contributed by atoms with Crippen LogP contribution in [0.3, 0.4) is 0 Å². The van der Waals surface area contributed by atoms with Crippen molar-refractivity contribution >= 4 is 16.8 Å². The zero-order chi connectivity index (χ0) is 13.3. The first-order valence-electron chi connectivity index (χ1n) is 5.06. The molecular weight excluding hydrogens is 259 g/mol. The highest BCUT2D eigenvalue weighted by Gasteiger charge is 2.12. The van der Waals surface area contributed by atoms with Crippen LogP contribution in [0.2, 0.25) is 0 Å². The van der Waals surface area contributed by atoms with E-state index in [0.29, 0.717) is 11.3 Å². The topological polar surface area (TPSA) is 52.0 Å². The van der Waals surface area contributed by atoms with Crippen LogP contribution in [0.25, 0.3) is 5.69 Å². The third-order valence-electron chi connectivity index (χ3n) is 2.38. The summed E-state index contributed by atoms with van der Waals surface area (Å²) in [5.74, 6) is -0.424. The van der Waals surface area contributed by atoms with Gasteiger partial charge in [0, 0.05) is 6.07 Å². The molecule has 1 aromatic carbocycles. The smallest absolute Gasteiger partial charge is 0.272 e. The second kappa shape index (κ2) is 4.70. The molecule has 0 saturated heterocycles. The van der Waals surface area contributed by atoms with E-state index in [9.17, 15) is 14.0 Å². The van der Waals surface area contributed by atoms with Gasteiger partial charge in [0.15, 0.2) is 0 Å². The number of aromatic nitrogens is 2. The summed E-state index contributed by atoms with van der Waals surface area (Å²) in [6.45, 7) is 1.57. The van der Waals surface area contributed by atoms with Gasteiger partial charge in [-0.05, 0) is 48.4 Å². The molecule has 0 saturated carbocycles. The molecule has 4 nitrogen and oxygen atoms in total. The molecule has 0 spiro atoms. The first-order valence-corrected chi connectivity index (χ1v) is 5.43. The van der Waals surface area contributed by atoms with Gasteiger partial charge in [0.05, 0.1) is 5.69 Å². The number of hydrogen-bond acceptors (Lipinski definition) is 3. The van der Waals surface area contributed by atoms with Crippen LogP contribution in [0, 0.1) is 12.7 Å². The average Bonchev–Trinajstić information content (AvgIpc) is 2.30. The van der Waals surface area contributed by atoms with Crippen LogP contribution in [-0.2, 0) is 0 Å². The maximum absolute atomic E-state index is 12.8. The first-order chi connectivity index (χ1) is 8.49. The molecule has 0 radical (unpaired) electrons. The van der Waals surface area contributed by atoms with E-state index in [1.165, 1.54) is 30.3 Å². The Kier molecular flexibility index (Phi) is 3.25. The summed E-state index contributed by atoms with van der Waals surface area (Å²) in [5.41, 5.74) is 0.347. The summed E-state index contributed by atoms with van der Waals surface area (Å²) < 4.78 is 13.8. The molecule has 0 unspecified atom stereocenters. The van der Waals surface area contributed by atoms with Crippen LogP contribution < -0.4 is 5.56 Å². The molecule has 0 aliphatic carbocycles. The Bertz CT molecular complexity index is 665. The first kappa shape index (κ1) is 12.4. The molecule has 18 heavy (non-hydrogen) atoms. The fourth-order valence-electron chi connectivity index (χ4n) is 1.50. The minimum atomic E-state index is -0.747. The lowest BCUT2D eigenvalue weighted by Gasteiger charge is -2.06. The lowest BCUT2D eigenvalue weighted by molar-refractivity contribution is 0.107. The van der Waals surface area contributed by atoms with E-state index in [-0.39, 0.29) is 5.69 Å². The van der Waals surface area contributed by atoms with Crippen molar-refractivity contribution in [1.29, 1.82) is 0 Å². The van der Waals surface area contributed by atoms with E-state index in [1.807, 2.05) is 0 Å². The van der Waals surface area contributed by atoms with E-state index in [2.05, 4.69) is 5.10 Å². The lowest BCUT2D eigenvalue weighted by Crippen LogP contribution is -2.23. The van der Waals surface area contributed by atoms with Crippen LogP contribution in [0.5, 0.6) is 0 Å². The minimum absolute atomic E-state index is 0.000548. The van der Waals surface area contributed by atoms with Gasteiger partial charge in [0.1, 0.15) is 11.5 Å². The van der Waals surface area contributed by atoms with Crippen molar-refractivity contribution in [1.82, 2.24) is 9.78 Å². The van der Waals surface area contributed by atoms with Crippen LogP contribution in [0.4, 0.5) is 4.39 Å². The Labute approximate surface area is 107 Å². The standard InChI is InChI=1S/C12H8ClFN2O2/c1-7-6-10(17)16(15-11(7)12(13)18)9-4-2-8(14)3-5-9/h2-6H,1H3. The molecule has 0 fully saturated rings. The molecule has 2 rings (SSSR count). The lowest BCUT2D eigenvalue weighted by atomic mass is 10.2. The summed E-state index contributed by atoms with van der Waals surface area (Å²) in [5, 5.41) is 3.12. The molecule has 1 heterocycles. The van der Waals surface area contributed by atoms with E-state index >= 15 is 0 Å². The molecule has 0 bridgehead atoms. The highest BCUT2D eigenvalue weighted by molar-refractivity contribution is 6.67. The zero-order valence-electron chi connectivity index (χ0n) is 9.35. The number of rotatable bonds is 2. The largest absolute Gasteiger partial charge is 0.274 e. The van der Waals surface area contributed by atoms with Gasteiger partial charge in [-0.3, -0.25) is 9.59 Å². The normalized spacial score (nSPS) is 10.4. The molecule has 0 aliphatic rings. The van der Waals surface area contributed by atoms with Crippen molar-refractivity contribution in [2.45, 2.75) is 6.92 Å². The highest BCUT2D eigenvalue weighted by Crippen LogP contribution is 2.09. The molecule has 92 valence electrons. The van der Waals surface area contributed by atoms with Crippen molar-refractivity contribution < 1.29 is 9.18 Å². The number of benzene rings is 1. The second-order valence-corrected chi connectivity index (χ2v) is 4.02. The van der Waals surface area contributed by atoms with Crippen LogP contribution in [-0.4, -0.2) is 15.0 Å². The number of carbonyl (C=O) groups is 1. The summed E-state index contributed by atoms with van der Waals surface area (Å²) in [6.07, 6.45) is 0. The molecule has 6 heteroatoms. The van der Waals surface area contributed by atoms with Crippen LogP contribution in [0.1, 0.15) is 16.1 Å². The summed E-state index contributed by atoms with van der Waals surface area (Å²) in [6, 6.07) is 6.44. The van der Waals surface area contributed by atoms with Crippen molar-refractivity contribution in [2.24, 2.45) is 0 Å². The van der Waals surface area contributed by atoms with E-state index < -0.39 is 16.6 Å². The summed E-state index contributed by atoms with van der Waals surface area (Å²) in [7, 11) is 0. The molecule has 2 aromatic rings. The van der Waals surface area contributed by atoms with Gasteiger partial charge in [-0.15, -0.1) is 0 Å². The number of aryl methyl sites for hydroxylation is 1. The summed E-state index contributed by atoms with van der Waals surface area (Å²) >= 11 is 5.37.